The number of piperidine rings is 3. The Morgan fingerprint density at radius 2 is 2.21 bits per heavy atom. The van der Waals surface area contributed by atoms with Crippen molar-refractivity contribution >= 4 is 5.96 Å². The molecule has 3 saturated heterocycles. The molecule has 78 valence electrons. The van der Waals surface area contributed by atoms with E-state index in [9.17, 15) is 0 Å². The summed E-state index contributed by atoms with van der Waals surface area (Å²) >= 11 is 0. The minimum absolute atomic E-state index is 0.641. The Kier molecular flexibility index (Phi) is 2.09. The predicted molar refractivity (Wildman–Crippen MR) is 56.4 cm³/mol. The smallest absolute Gasteiger partial charge is 0.191 e. The Balaban J connectivity index is 1.62. The zero-order valence-electron chi connectivity index (χ0n) is 8.50. The van der Waals surface area contributed by atoms with Crippen LogP contribution in [0.1, 0.15) is 12.8 Å². The van der Waals surface area contributed by atoms with Crippen LogP contribution in [0.3, 0.4) is 0 Å². The van der Waals surface area contributed by atoms with Crippen LogP contribution in [0.25, 0.3) is 0 Å². The molecule has 0 spiro atoms. The van der Waals surface area contributed by atoms with Crippen molar-refractivity contribution in [1.29, 1.82) is 0 Å². The molecule has 14 heavy (non-hydrogen) atoms. The second-order valence-corrected chi connectivity index (χ2v) is 4.55. The average Bonchev–Trinajstić information content (AvgIpc) is 2.72. The van der Waals surface area contributed by atoms with E-state index in [1.807, 2.05) is 0 Å². The number of rotatable bonds is 1. The summed E-state index contributed by atoms with van der Waals surface area (Å²) in [4.78, 5) is 6.95. The van der Waals surface area contributed by atoms with Gasteiger partial charge in [-0.15, -0.1) is 0 Å². The lowest BCUT2D eigenvalue weighted by Crippen LogP contribution is -2.58. The minimum Gasteiger partial charge on any atom is -0.355 e. The van der Waals surface area contributed by atoms with Gasteiger partial charge in [0.05, 0.1) is 6.54 Å². The maximum absolute atomic E-state index is 4.39. The zero-order chi connectivity index (χ0) is 9.38. The number of hydrogen-bond acceptors (Lipinski definition) is 4. The van der Waals surface area contributed by atoms with Crippen molar-refractivity contribution in [3.63, 3.8) is 0 Å². The van der Waals surface area contributed by atoms with Crippen LogP contribution in [-0.4, -0.2) is 49.6 Å². The summed E-state index contributed by atoms with van der Waals surface area (Å²) < 4.78 is 0. The Bertz CT molecular complexity index is 243. The lowest BCUT2D eigenvalue weighted by atomic mass is 9.84. The highest BCUT2D eigenvalue weighted by atomic mass is 15.3. The van der Waals surface area contributed by atoms with Crippen LogP contribution in [0.5, 0.6) is 0 Å². The fourth-order valence-corrected chi connectivity index (χ4v) is 2.80. The summed E-state index contributed by atoms with van der Waals surface area (Å²) in [5.74, 6) is 1.91. The van der Waals surface area contributed by atoms with E-state index in [0.717, 1.165) is 25.0 Å². The molecule has 0 saturated carbocycles. The quantitative estimate of drug-likeness (QED) is 0.598. The topological polar surface area (TPSA) is 39.7 Å². The zero-order valence-corrected chi connectivity index (χ0v) is 8.50. The van der Waals surface area contributed by atoms with E-state index >= 15 is 0 Å². The van der Waals surface area contributed by atoms with Gasteiger partial charge in [0.2, 0.25) is 0 Å². The highest BCUT2D eigenvalue weighted by Crippen LogP contribution is 2.27. The fraction of sp³-hybridized carbons (Fsp3) is 0.900. The lowest BCUT2D eigenvalue weighted by Gasteiger charge is -2.45. The van der Waals surface area contributed by atoms with Gasteiger partial charge in [-0.25, -0.2) is 0 Å². The van der Waals surface area contributed by atoms with Crippen LogP contribution < -0.4 is 10.6 Å². The first-order valence-corrected chi connectivity index (χ1v) is 5.69. The molecule has 0 aliphatic carbocycles. The molecule has 2 bridgehead atoms. The van der Waals surface area contributed by atoms with Gasteiger partial charge >= 0.3 is 0 Å². The fourth-order valence-electron chi connectivity index (χ4n) is 2.80. The van der Waals surface area contributed by atoms with Gasteiger partial charge in [-0.1, -0.05) is 0 Å². The Labute approximate surface area is 84.8 Å². The molecule has 0 amide bonds. The normalized spacial score (nSPS) is 40.6. The third kappa shape index (κ3) is 1.47. The Morgan fingerprint density at radius 3 is 2.79 bits per heavy atom. The van der Waals surface area contributed by atoms with Crippen LogP contribution in [0.15, 0.2) is 4.99 Å². The van der Waals surface area contributed by atoms with E-state index in [2.05, 4.69) is 20.5 Å². The molecule has 4 aliphatic heterocycles. The summed E-state index contributed by atoms with van der Waals surface area (Å²) in [7, 11) is 0. The van der Waals surface area contributed by atoms with Crippen molar-refractivity contribution in [2.75, 3.05) is 32.7 Å². The third-order valence-corrected chi connectivity index (χ3v) is 3.65. The van der Waals surface area contributed by atoms with E-state index in [1.54, 1.807) is 0 Å². The van der Waals surface area contributed by atoms with Crippen molar-refractivity contribution in [3.05, 3.63) is 0 Å². The summed E-state index contributed by atoms with van der Waals surface area (Å²) in [6, 6.07) is 0.641. The van der Waals surface area contributed by atoms with Gasteiger partial charge in [0.15, 0.2) is 5.96 Å². The molecule has 3 fully saturated rings. The van der Waals surface area contributed by atoms with E-state index < -0.39 is 0 Å². The molecular weight excluding hydrogens is 176 g/mol. The number of aliphatic imine (C=N–C) groups is 1. The highest BCUT2D eigenvalue weighted by Gasteiger charge is 2.34. The molecule has 1 atom stereocenters. The number of nitrogens with zero attached hydrogens (tertiary/aromatic N) is 2. The first kappa shape index (κ1) is 8.53. The standard InChI is InChI=1S/C10H18N4/c1-5-14-6-2-8(1)9(7-14)13-10-11-3-4-12-10/h8-9H,1-7H2,(H2,11,12,13). The maximum atomic E-state index is 4.39. The van der Waals surface area contributed by atoms with Gasteiger partial charge < -0.3 is 15.5 Å². The predicted octanol–water partition coefficient (Wildman–Crippen LogP) is -0.371. The molecule has 2 N–H and O–H groups in total. The number of nitrogens with one attached hydrogen (secondary N) is 2. The molecule has 1 unspecified atom stereocenters. The number of fused-ring (bicyclic) bond motifs is 3. The molecule has 0 aromatic rings. The van der Waals surface area contributed by atoms with Gasteiger partial charge in [-0.05, 0) is 31.8 Å². The summed E-state index contributed by atoms with van der Waals surface area (Å²) in [6.45, 7) is 5.77. The molecule has 0 aromatic heterocycles. The minimum atomic E-state index is 0.641. The molecule has 0 radical (unpaired) electrons. The van der Waals surface area contributed by atoms with Gasteiger partial charge in [0.25, 0.3) is 0 Å². The van der Waals surface area contributed by atoms with Crippen LogP contribution in [0.4, 0.5) is 0 Å². The Hall–Kier alpha value is -0.770. The van der Waals surface area contributed by atoms with E-state index in [-0.39, 0.29) is 0 Å². The average molecular weight is 194 g/mol. The largest absolute Gasteiger partial charge is 0.355 e. The summed E-state index contributed by atoms with van der Waals surface area (Å²) in [5, 5.41) is 6.83. The van der Waals surface area contributed by atoms with Crippen molar-refractivity contribution < 1.29 is 0 Å². The van der Waals surface area contributed by atoms with Crippen LogP contribution in [0, 0.1) is 5.92 Å². The van der Waals surface area contributed by atoms with Crippen LogP contribution in [-0.2, 0) is 0 Å². The molecule has 4 nitrogen and oxygen atoms in total. The summed E-state index contributed by atoms with van der Waals surface area (Å²) in [6.07, 6.45) is 2.73. The van der Waals surface area contributed by atoms with Crippen molar-refractivity contribution in [3.8, 4) is 0 Å². The van der Waals surface area contributed by atoms with E-state index in [0.29, 0.717) is 6.04 Å². The van der Waals surface area contributed by atoms with Crippen LogP contribution in [0.2, 0.25) is 0 Å². The summed E-state index contributed by atoms with van der Waals surface area (Å²) in [5.41, 5.74) is 0. The molecule has 0 aromatic carbocycles. The van der Waals surface area contributed by atoms with Gasteiger partial charge in [0.1, 0.15) is 0 Å². The van der Waals surface area contributed by atoms with Gasteiger partial charge in [-0.3, -0.25) is 4.99 Å². The van der Waals surface area contributed by atoms with Gasteiger partial charge in [0, 0.05) is 19.1 Å². The lowest BCUT2D eigenvalue weighted by molar-refractivity contribution is 0.0809. The molecule has 4 rings (SSSR count). The van der Waals surface area contributed by atoms with Crippen molar-refractivity contribution in [1.82, 2.24) is 15.5 Å². The second-order valence-electron chi connectivity index (χ2n) is 4.55. The second kappa shape index (κ2) is 3.42. The van der Waals surface area contributed by atoms with Gasteiger partial charge in [-0.2, -0.15) is 0 Å². The number of guanidine groups is 1. The number of hydrogen-bond donors (Lipinski definition) is 2. The molecular formula is C10H18N4. The van der Waals surface area contributed by atoms with Crippen molar-refractivity contribution in [2.24, 2.45) is 10.9 Å². The first-order chi connectivity index (χ1) is 6.92. The molecule has 4 aliphatic rings. The molecule has 4 heteroatoms. The highest BCUT2D eigenvalue weighted by molar-refractivity contribution is 5.81. The van der Waals surface area contributed by atoms with Crippen molar-refractivity contribution in [2.45, 2.75) is 18.9 Å². The van der Waals surface area contributed by atoms with E-state index in [4.69, 9.17) is 0 Å². The monoisotopic (exact) mass is 194 g/mol. The molecule has 4 heterocycles. The SMILES string of the molecule is C1CNC(NC2CN3CCC2CC3)=N1. The Morgan fingerprint density at radius 1 is 1.36 bits per heavy atom. The maximum Gasteiger partial charge on any atom is 0.191 e. The first-order valence-electron chi connectivity index (χ1n) is 5.69. The third-order valence-electron chi connectivity index (χ3n) is 3.65. The van der Waals surface area contributed by atoms with E-state index in [1.165, 1.54) is 32.5 Å². The van der Waals surface area contributed by atoms with Crippen LogP contribution >= 0.6 is 0 Å².